The average molecular weight is 388 g/mol. The number of rotatable bonds is 5. The van der Waals surface area contributed by atoms with E-state index in [-0.39, 0.29) is 10.5 Å². The molecule has 0 spiro atoms. The first kappa shape index (κ1) is 19.2. The van der Waals surface area contributed by atoms with Gasteiger partial charge in [-0.25, -0.2) is 13.2 Å². The summed E-state index contributed by atoms with van der Waals surface area (Å²) in [6.45, 7) is 3.75. The second kappa shape index (κ2) is 8.00. The number of methoxy groups -OCH3 is 1. The van der Waals surface area contributed by atoms with Crippen LogP contribution < -0.4 is 9.62 Å². The van der Waals surface area contributed by atoms with Crippen molar-refractivity contribution in [3.8, 4) is 0 Å². The average Bonchev–Trinajstić information content (AvgIpc) is 2.68. The first-order chi connectivity index (χ1) is 12.9. The third-order valence-corrected chi connectivity index (χ3v) is 6.26. The Morgan fingerprint density at radius 2 is 1.70 bits per heavy atom. The predicted octanol–water partition coefficient (Wildman–Crippen LogP) is 3.57. The maximum Gasteiger partial charge on any atom is 0.337 e. The minimum absolute atomic E-state index is 0.0607. The molecule has 1 saturated heterocycles. The summed E-state index contributed by atoms with van der Waals surface area (Å²) in [6.07, 6.45) is 3.63. The topological polar surface area (TPSA) is 75.7 Å². The number of ether oxygens (including phenoxy) is 1. The van der Waals surface area contributed by atoms with Gasteiger partial charge in [0.25, 0.3) is 10.0 Å². The number of sulfonamides is 1. The summed E-state index contributed by atoms with van der Waals surface area (Å²) < 4.78 is 32.9. The fourth-order valence-corrected chi connectivity index (χ4v) is 4.57. The molecule has 1 N–H and O–H groups in total. The molecule has 144 valence electrons. The molecule has 27 heavy (non-hydrogen) atoms. The van der Waals surface area contributed by atoms with E-state index in [1.54, 1.807) is 31.2 Å². The normalized spacial score (nSPS) is 14.7. The molecule has 1 fully saturated rings. The second-order valence-electron chi connectivity index (χ2n) is 6.67. The molecule has 2 aromatic rings. The fraction of sp³-hybridized carbons (Fsp3) is 0.350. The van der Waals surface area contributed by atoms with E-state index < -0.39 is 16.0 Å². The van der Waals surface area contributed by atoms with Gasteiger partial charge in [-0.1, -0.05) is 6.07 Å². The molecule has 7 heteroatoms. The molecule has 0 bridgehead atoms. The predicted molar refractivity (Wildman–Crippen MR) is 106 cm³/mol. The summed E-state index contributed by atoms with van der Waals surface area (Å²) in [4.78, 5) is 14.1. The summed E-state index contributed by atoms with van der Waals surface area (Å²) >= 11 is 0. The highest BCUT2D eigenvalue weighted by Gasteiger charge is 2.20. The molecule has 0 atom stereocenters. The largest absolute Gasteiger partial charge is 0.465 e. The van der Waals surface area contributed by atoms with Crippen LogP contribution in [-0.2, 0) is 14.8 Å². The summed E-state index contributed by atoms with van der Waals surface area (Å²) in [7, 11) is -2.55. The first-order valence-electron chi connectivity index (χ1n) is 8.97. The lowest BCUT2D eigenvalue weighted by atomic mass is 10.1. The standard InChI is InChI=1S/C20H24N2O4S/c1-15-6-7-16(20(23)26-2)14-19(15)27(24,25)21-17-8-10-18(11-9-17)22-12-4-3-5-13-22/h6-11,14,21H,3-5,12-13H2,1-2H3. The maximum atomic E-state index is 12.8. The Hall–Kier alpha value is -2.54. The van der Waals surface area contributed by atoms with Crippen molar-refractivity contribution < 1.29 is 17.9 Å². The minimum atomic E-state index is -3.82. The molecule has 2 aromatic carbocycles. The van der Waals surface area contributed by atoms with Crippen molar-refractivity contribution in [1.29, 1.82) is 0 Å². The molecule has 0 amide bonds. The molecule has 1 aliphatic heterocycles. The van der Waals surface area contributed by atoms with Gasteiger partial charge in [0, 0.05) is 24.5 Å². The van der Waals surface area contributed by atoms with Crippen LogP contribution in [0.15, 0.2) is 47.4 Å². The van der Waals surface area contributed by atoms with Gasteiger partial charge in [-0.2, -0.15) is 0 Å². The van der Waals surface area contributed by atoms with Crippen molar-refractivity contribution in [1.82, 2.24) is 0 Å². The number of benzene rings is 2. The van der Waals surface area contributed by atoms with Crippen LogP contribution >= 0.6 is 0 Å². The van der Waals surface area contributed by atoms with Gasteiger partial charge in [0.2, 0.25) is 0 Å². The minimum Gasteiger partial charge on any atom is -0.465 e. The van der Waals surface area contributed by atoms with Crippen LogP contribution in [0.1, 0.15) is 35.2 Å². The number of carbonyl (C=O) groups excluding carboxylic acids is 1. The lowest BCUT2D eigenvalue weighted by Crippen LogP contribution is -2.29. The van der Waals surface area contributed by atoms with Crippen LogP contribution in [0.5, 0.6) is 0 Å². The molecule has 0 unspecified atom stereocenters. The lowest BCUT2D eigenvalue weighted by Gasteiger charge is -2.28. The number of carbonyl (C=O) groups is 1. The third kappa shape index (κ3) is 4.42. The van der Waals surface area contributed by atoms with Crippen molar-refractivity contribution in [2.75, 3.05) is 29.8 Å². The van der Waals surface area contributed by atoms with Gasteiger partial charge < -0.3 is 9.64 Å². The Kier molecular flexibility index (Phi) is 5.70. The Balaban J connectivity index is 1.81. The Morgan fingerprint density at radius 3 is 2.33 bits per heavy atom. The van der Waals surface area contributed by atoms with Crippen LogP contribution in [0.25, 0.3) is 0 Å². The summed E-state index contributed by atoms with van der Waals surface area (Å²) in [5, 5.41) is 0. The number of anilines is 2. The molecule has 3 rings (SSSR count). The highest BCUT2D eigenvalue weighted by Crippen LogP contribution is 2.25. The summed E-state index contributed by atoms with van der Waals surface area (Å²) in [5.41, 5.74) is 2.34. The third-order valence-electron chi connectivity index (χ3n) is 4.74. The van der Waals surface area contributed by atoms with Gasteiger partial charge in [-0.15, -0.1) is 0 Å². The van der Waals surface area contributed by atoms with E-state index in [0.717, 1.165) is 18.8 Å². The number of hydrogen-bond donors (Lipinski definition) is 1. The molecule has 0 radical (unpaired) electrons. The fourth-order valence-electron chi connectivity index (χ4n) is 3.24. The van der Waals surface area contributed by atoms with Crippen molar-refractivity contribution in [2.45, 2.75) is 31.1 Å². The lowest BCUT2D eigenvalue weighted by molar-refractivity contribution is 0.0600. The maximum absolute atomic E-state index is 12.8. The van der Waals surface area contributed by atoms with E-state index in [0.29, 0.717) is 11.3 Å². The number of hydrogen-bond acceptors (Lipinski definition) is 5. The molecule has 0 aliphatic carbocycles. The van der Waals surface area contributed by atoms with Crippen molar-refractivity contribution in [3.63, 3.8) is 0 Å². The number of esters is 1. The van der Waals surface area contributed by atoms with Gasteiger partial charge in [0.15, 0.2) is 0 Å². The molecule has 6 nitrogen and oxygen atoms in total. The quantitative estimate of drug-likeness (QED) is 0.793. The van der Waals surface area contributed by atoms with Crippen LogP contribution in [0, 0.1) is 6.92 Å². The number of nitrogens with one attached hydrogen (secondary N) is 1. The smallest absolute Gasteiger partial charge is 0.337 e. The van der Waals surface area contributed by atoms with Crippen molar-refractivity contribution in [3.05, 3.63) is 53.6 Å². The van der Waals surface area contributed by atoms with Gasteiger partial charge in [0.05, 0.1) is 17.6 Å². The highest BCUT2D eigenvalue weighted by atomic mass is 32.2. The SMILES string of the molecule is COC(=O)c1ccc(C)c(S(=O)(=O)Nc2ccc(N3CCCCC3)cc2)c1. The van der Waals surface area contributed by atoms with Crippen LogP contribution in [0.4, 0.5) is 11.4 Å². The van der Waals surface area contributed by atoms with Crippen molar-refractivity contribution in [2.24, 2.45) is 0 Å². The highest BCUT2D eigenvalue weighted by molar-refractivity contribution is 7.92. The molecule has 0 aromatic heterocycles. The van der Waals surface area contributed by atoms with Gasteiger partial charge in [-0.3, -0.25) is 4.72 Å². The summed E-state index contributed by atoms with van der Waals surface area (Å²) in [5.74, 6) is -0.572. The number of piperidine rings is 1. The van der Waals surface area contributed by atoms with E-state index in [2.05, 4.69) is 14.4 Å². The molecule has 1 heterocycles. The molecule has 0 saturated carbocycles. The molecule has 1 aliphatic rings. The van der Waals surface area contributed by atoms with Gasteiger partial charge in [0.1, 0.15) is 0 Å². The van der Waals surface area contributed by atoms with Crippen LogP contribution in [0.3, 0.4) is 0 Å². The second-order valence-corrected chi connectivity index (χ2v) is 8.32. The Labute approximate surface area is 160 Å². The zero-order valence-electron chi connectivity index (χ0n) is 15.6. The zero-order valence-corrected chi connectivity index (χ0v) is 16.4. The van der Waals surface area contributed by atoms with E-state index in [4.69, 9.17) is 0 Å². The van der Waals surface area contributed by atoms with Crippen LogP contribution in [-0.4, -0.2) is 34.6 Å². The number of nitrogens with zero attached hydrogens (tertiary/aromatic N) is 1. The van der Waals surface area contributed by atoms with Gasteiger partial charge >= 0.3 is 5.97 Å². The summed E-state index contributed by atoms with van der Waals surface area (Å²) in [6, 6.07) is 11.9. The Morgan fingerprint density at radius 1 is 1.04 bits per heavy atom. The molecular formula is C20H24N2O4S. The van der Waals surface area contributed by atoms with E-state index in [1.165, 1.54) is 32.4 Å². The van der Waals surface area contributed by atoms with E-state index in [1.807, 2.05) is 12.1 Å². The Bertz CT molecular complexity index is 917. The first-order valence-corrected chi connectivity index (χ1v) is 10.5. The molecular weight excluding hydrogens is 364 g/mol. The van der Waals surface area contributed by atoms with Crippen LogP contribution in [0.2, 0.25) is 0 Å². The zero-order chi connectivity index (χ0) is 19.4. The van der Waals surface area contributed by atoms with Gasteiger partial charge in [-0.05, 0) is 68.1 Å². The van der Waals surface area contributed by atoms with E-state index >= 15 is 0 Å². The monoisotopic (exact) mass is 388 g/mol. The number of aryl methyl sites for hydroxylation is 1. The van der Waals surface area contributed by atoms with E-state index in [9.17, 15) is 13.2 Å². The van der Waals surface area contributed by atoms with Crippen molar-refractivity contribution >= 4 is 27.4 Å².